The van der Waals surface area contributed by atoms with E-state index in [1.807, 2.05) is 48.5 Å². The Morgan fingerprint density at radius 1 is 0.971 bits per heavy atom. The molecule has 1 saturated heterocycles. The summed E-state index contributed by atoms with van der Waals surface area (Å²) in [6.07, 6.45) is 0. The molecule has 1 aliphatic heterocycles. The van der Waals surface area contributed by atoms with E-state index >= 15 is 0 Å². The molecular weight excluding hydrogens is 448 g/mol. The first-order chi connectivity index (χ1) is 16.8. The van der Waals surface area contributed by atoms with Crippen molar-refractivity contribution in [2.75, 3.05) is 12.0 Å². The second kappa shape index (κ2) is 7.09. The Morgan fingerprint density at radius 2 is 1.57 bits per heavy atom. The number of benzene rings is 3. The summed E-state index contributed by atoms with van der Waals surface area (Å²) in [6, 6.07) is 18.9. The molecule has 2 bridgehead atoms. The lowest BCUT2D eigenvalue weighted by Gasteiger charge is -2.52. The Hall–Kier alpha value is -4.33. The molecule has 3 aromatic carbocycles. The summed E-state index contributed by atoms with van der Waals surface area (Å²) in [5.74, 6) is -3.42. The molecule has 0 aromatic heterocycles. The van der Waals surface area contributed by atoms with E-state index in [0.717, 1.165) is 27.2 Å². The lowest BCUT2D eigenvalue weighted by Crippen LogP contribution is -2.57. The van der Waals surface area contributed by atoms with Gasteiger partial charge in [0.2, 0.25) is 11.8 Å². The standard InChI is InChI=1S/C27H20N2O6/c1-14(30)27-18-9-5-3-7-16(18)22(17-8-4-6-10-19(17)27)23-24(27)26(32)28(25(23)31)20-12-11-15(35-2)13-21(20)29(33)34/h3-13,22-24H,1-2H3. The normalized spacial score (nSPS) is 25.7. The molecule has 1 fully saturated rings. The van der Waals surface area contributed by atoms with Crippen molar-refractivity contribution in [3.8, 4) is 5.75 Å². The number of hydrogen-bond donors (Lipinski definition) is 0. The quantitative estimate of drug-likeness (QED) is 0.328. The third kappa shape index (κ3) is 2.43. The average Bonchev–Trinajstić information content (AvgIpc) is 3.14. The zero-order valence-corrected chi connectivity index (χ0v) is 18.9. The number of Topliss-reactive ketones (excluding diaryl/α,β-unsaturated/α-hetero) is 1. The van der Waals surface area contributed by atoms with Crippen molar-refractivity contribution in [1.29, 1.82) is 0 Å². The number of ketones is 1. The van der Waals surface area contributed by atoms with E-state index in [2.05, 4.69) is 0 Å². The summed E-state index contributed by atoms with van der Waals surface area (Å²) >= 11 is 0. The molecule has 0 spiro atoms. The summed E-state index contributed by atoms with van der Waals surface area (Å²) in [6.45, 7) is 1.45. The van der Waals surface area contributed by atoms with Gasteiger partial charge in [-0.05, 0) is 41.3 Å². The summed E-state index contributed by atoms with van der Waals surface area (Å²) < 4.78 is 5.11. The minimum Gasteiger partial charge on any atom is -0.496 e. The molecular formula is C27H20N2O6. The first kappa shape index (κ1) is 21.2. The molecule has 7 rings (SSSR count). The Morgan fingerprint density at radius 3 is 2.11 bits per heavy atom. The van der Waals surface area contributed by atoms with Gasteiger partial charge < -0.3 is 4.74 Å². The number of nitro groups is 1. The van der Waals surface area contributed by atoms with Crippen LogP contribution < -0.4 is 9.64 Å². The molecule has 0 saturated carbocycles. The predicted octanol–water partition coefficient (Wildman–Crippen LogP) is 3.74. The van der Waals surface area contributed by atoms with Crippen LogP contribution in [-0.2, 0) is 19.8 Å². The highest BCUT2D eigenvalue weighted by atomic mass is 16.6. The van der Waals surface area contributed by atoms with Gasteiger partial charge in [0.15, 0.2) is 0 Å². The molecule has 2 atom stereocenters. The van der Waals surface area contributed by atoms with E-state index in [1.54, 1.807) is 0 Å². The maximum atomic E-state index is 14.1. The van der Waals surface area contributed by atoms with Crippen LogP contribution in [0.15, 0.2) is 66.7 Å². The first-order valence-electron chi connectivity index (χ1n) is 11.2. The van der Waals surface area contributed by atoms with Crippen molar-refractivity contribution < 1.29 is 24.0 Å². The molecule has 8 nitrogen and oxygen atoms in total. The van der Waals surface area contributed by atoms with E-state index in [0.29, 0.717) is 0 Å². The van der Waals surface area contributed by atoms with Crippen LogP contribution in [0.1, 0.15) is 35.1 Å². The topological polar surface area (TPSA) is 107 Å². The number of hydrogen-bond acceptors (Lipinski definition) is 6. The van der Waals surface area contributed by atoms with Gasteiger partial charge in [0.1, 0.15) is 17.2 Å². The molecule has 3 aromatic rings. The maximum Gasteiger partial charge on any atom is 0.297 e. The Labute approximate surface area is 200 Å². The van der Waals surface area contributed by atoms with Gasteiger partial charge in [-0.1, -0.05) is 48.5 Å². The lowest BCUT2D eigenvalue weighted by atomic mass is 9.46. The molecule has 2 amide bonds. The molecule has 3 aliphatic carbocycles. The fourth-order valence-electron chi connectivity index (χ4n) is 6.57. The highest BCUT2D eigenvalue weighted by Gasteiger charge is 2.70. The number of nitrogens with zero attached hydrogens (tertiary/aromatic N) is 2. The Balaban J connectivity index is 1.64. The summed E-state index contributed by atoms with van der Waals surface area (Å²) in [4.78, 5) is 53.8. The zero-order valence-electron chi connectivity index (χ0n) is 18.9. The number of carbonyl (C=O) groups excluding carboxylic acids is 3. The van der Waals surface area contributed by atoms with Gasteiger partial charge in [0.05, 0.1) is 35.4 Å². The van der Waals surface area contributed by atoms with Crippen molar-refractivity contribution in [2.24, 2.45) is 11.8 Å². The SMILES string of the molecule is COc1ccc(N2C(=O)C3C4c5ccccc5C(C(C)=O)(c5ccccc54)C3C2=O)c([N+](=O)[O-])c1. The van der Waals surface area contributed by atoms with Gasteiger partial charge in [-0.3, -0.25) is 24.5 Å². The van der Waals surface area contributed by atoms with Gasteiger partial charge >= 0.3 is 0 Å². The number of rotatable bonds is 4. The predicted molar refractivity (Wildman–Crippen MR) is 125 cm³/mol. The molecule has 4 aliphatic rings. The third-order valence-electron chi connectivity index (χ3n) is 7.79. The van der Waals surface area contributed by atoms with Crippen molar-refractivity contribution in [2.45, 2.75) is 18.3 Å². The van der Waals surface area contributed by atoms with Crippen LogP contribution in [0.2, 0.25) is 0 Å². The van der Waals surface area contributed by atoms with Crippen LogP contribution in [0.4, 0.5) is 11.4 Å². The minimum atomic E-state index is -1.35. The van der Waals surface area contributed by atoms with Gasteiger partial charge in [-0.25, -0.2) is 4.90 Å². The first-order valence-corrected chi connectivity index (χ1v) is 11.2. The number of amides is 2. The Bertz CT molecular complexity index is 1430. The van der Waals surface area contributed by atoms with E-state index in [-0.39, 0.29) is 17.2 Å². The minimum absolute atomic E-state index is 0.119. The van der Waals surface area contributed by atoms with Crippen LogP contribution in [0.3, 0.4) is 0 Å². The summed E-state index contributed by atoms with van der Waals surface area (Å²) in [7, 11) is 1.38. The fourth-order valence-corrected chi connectivity index (χ4v) is 6.57. The largest absolute Gasteiger partial charge is 0.496 e. The van der Waals surface area contributed by atoms with E-state index < -0.39 is 45.6 Å². The number of anilines is 1. The van der Waals surface area contributed by atoms with Crippen LogP contribution in [0.5, 0.6) is 5.75 Å². The molecule has 2 unspecified atom stereocenters. The molecule has 1 heterocycles. The third-order valence-corrected chi connectivity index (χ3v) is 7.79. The van der Waals surface area contributed by atoms with Crippen molar-refractivity contribution in [1.82, 2.24) is 0 Å². The van der Waals surface area contributed by atoms with Crippen LogP contribution in [0.25, 0.3) is 0 Å². The lowest BCUT2D eigenvalue weighted by molar-refractivity contribution is -0.384. The maximum absolute atomic E-state index is 14.1. The second-order valence-corrected chi connectivity index (χ2v) is 9.14. The fraction of sp³-hybridized carbons (Fsp3) is 0.222. The highest BCUT2D eigenvalue weighted by molar-refractivity contribution is 6.26. The van der Waals surface area contributed by atoms with Crippen LogP contribution >= 0.6 is 0 Å². The van der Waals surface area contributed by atoms with Gasteiger partial charge in [-0.2, -0.15) is 0 Å². The molecule has 35 heavy (non-hydrogen) atoms. The van der Waals surface area contributed by atoms with Gasteiger partial charge in [-0.15, -0.1) is 0 Å². The van der Waals surface area contributed by atoms with Crippen molar-refractivity contribution in [3.63, 3.8) is 0 Å². The van der Waals surface area contributed by atoms with Crippen molar-refractivity contribution in [3.05, 3.63) is 99.1 Å². The smallest absolute Gasteiger partial charge is 0.297 e. The van der Waals surface area contributed by atoms with E-state index in [4.69, 9.17) is 4.74 Å². The summed E-state index contributed by atoms with van der Waals surface area (Å²) in [5.41, 5.74) is 1.25. The van der Waals surface area contributed by atoms with Gasteiger partial charge in [0, 0.05) is 5.92 Å². The number of imide groups is 1. The number of nitro benzene ring substituents is 1. The van der Waals surface area contributed by atoms with Crippen molar-refractivity contribution >= 4 is 29.0 Å². The average molecular weight is 468 g/mol. The number of ether oxygens (including phenoxy) is 1. The Kier molecular flexibility index (Phi) is 4.30. The summed E-state index contributed by atoms with van der Waals surface area (Å²) in [5, 5.41) is 11.9. The zero-order chi connectivity index (χ0) is 24.6. The van der Waals surface area contributed by atoms with E-state index in [9.17, 15) is 24.5 Å². The second-order valence-electron chi connectivity index (χ2n) is 9.14. The molecule has 174 valence electrons. The number of carbonyl (C=O) groups is 3. The van der Waals surface area contributed by atoms with Gasteiger partial charge in [0.25, 0.3) is 5.69 Å². The van der Waals surface area contributed by atoms with E-state index in [1.165, 1.54) is 32.2 Å². The molecule has 8 heteroatoms. The highest BCUT2D eigenvalue weighted by Crippen LogP contribution is 2.64. The number of methoxy groups -OCH3 is 1. The van der Waals surface area contributed by atoms with Crippen LogP contribution in [-0.4, -0.2) is 29.6 Å². The monoisotopic (exact) mass is 468 g/mol. The molecule has 0 N–H and O–H groups in total. The molecule has 0 radical (unpaired) electrons. The van der Waals surface area contributed by atoms with Crippen LogP contribution in [0, 0.1) is 22.0 Å².